The van der Waals surface area contributed by atoms with E-state index >= 15 is 0 Å². The first kappa shape index (κ1) is 28.7. The second-order valence-electron chi connectivity index (χ2n) is 9.01. The minimum absolute atomic E-state index is 0.0492. The molecule has 0 saturated carbocycles. The molecule has 7 nitrogen and oxygen atoms in total. The largest absolute Gasteiger partial charge is 0.352 e. The van der Waals surface area contributed by atoms with E-state index in [0.29, 0.717) is 17.1 Å². The van der Waals surface area contributed by atoms with Crippen LogP contribution in [0.1, 0.15) is 50.3 Å². The highest BCUT2D eigenvalue weighted by Crippen LogP contribution is 2.23. The van der Waals surface area contributed by atoms with E-state index in [0.717, 1.165) is 33.7 Å². The van der Waals surface area contributed by atoms with Crippen molar-refractivity contribution in [2.75, 3.05) is 17.1 Å². The highest BCUT2D eigenvalue weighted by Gasteiger charge is 2.32. The topological polar surface area (TPSA) is 86.8 Å². The van der Waals surface area contributed by atoms with Crippen LogP contribution < -0.4 is 9.62 Å². The third kappa shape index (κ3) is 8.25. The molecular formula is C26H36ClN3O4S. The van der Waals surface area contributed by atoms with Crippen LogP contribution in [0.25, 0.3) is 0 Å². The number of benzene rings is 2. The number of aryl methyl sites for hydroxylation is 2. The lowest BCUT2D eigenvalue weighted by Crippen LogP contribution is -2.53. The van der Waals surface area contributed by atoms with Crippen LogP contribution in [-0.4, -0.2) is 50.0 Å². The summed E-state index contributed by atoms with van der Waals surface area (Å²) in [6, 6.07) is 11.6. The first-order valence-electron chi connectivity index (χ1n) is 11.8. The number of carbonyl (C=O) groups is 2. The van der Waals surface area contributed by atoms with Crippen LogP contribution in [0.2, 0.25) is 5.02 Å². The van der Waals surface area contributed by atoms with Crippen molar-refractivity contribution in [1.29, 1.82) is 0 Å². The number of hydrogen-bond acceptors (Lipinski definition) is 4. The number of rotatable bonds is 11. The normalized spacial score (nSPS) is 13.1. The molecule has 0 unspecified atom stereocenters. The monoisotopic (exact) mass is 521 g/mol. The van der Waals surface area contributed by atoms with Crippen LogP contribution in [0.4, 0.5) is 5.69 Å². The summed E-state index contributed by atoms with van der Waals surface area (Å²) in [6.07, 6.45) is 2.21. The van der Waals surface area contributed by atoms with Gasteiger partial charge >= 0.3 is 0 Å². The Balaban J connectivity index is 2.46. The molecule has 0 fully saturated rings. The molecule has 2 aromatic rings. The highest BCUT2D eigenvalue weighted by molar-refractivity contribution is 7.92. The Morgan fingerprint density at radius 3 is 2.06 bits per heavy atom. The zero-order valence-electron chi connectivity index (χ0n) is 21.3. The molecule has 2 atom stereocenters. The number of carbonyl (C=O) groups excluding carboxylic acids is 2. The molecule has 0 aromatic heterocycles. The van der Waals surface area contributed by atoms with Crippen molar-refractivity contribution < 1.29 is 18.0 Å². The average Bonchev–Trinajstić information content (AvgIpc) is 2.76. The Kier molecular flexibility index (Phi) is 10.2. The molecule has 0 spiro atoms. The molecule has 192 valence electrons. The van der Waals surface area contributed by atoms with Gasteiger partial charge in [0.25, 0.3) is 0 Å². The van der Waals surface area contributed by atoms with Crippen molar-refractivity contribution in [1.82, 2.24) is 10.2 Å². The van der Waals surface area contributed by atoms with Gasteiger partial charge in [-0.05, 0) is 74.6 Å². The van der Waals surface area contributed by atoms with Gasteiger partial charge < -0.3 is 10.2 Å². The van der Waals surface area contributed by atoms with E-state index in [-0.39, 0.29) is 18.5 Å². The molecule has 2 aromatic carbocycles. The molecule has 1 N–H and O–H groups in total. The lowest BCUT2D eigenvalue weighted by molar-refractivity contribution is -0.140. The van der Waals surface area contributed by atoms with Crippen molar-refractivity contribution >= 4 is 39.1 Å². The summed E-state index contributed by atoms with van der Waals surface area (Å²) in [7, 11) is -3.77. The summed E-state index contributed by atoms with van der Waals surface area (Å²) in [5, 5.41) is 3.52. The SMILES string of the molecule is CC[C@@H](C)NC(=O)[C@@H](CC)N(Cc1ccc(Cl)cc1)C(=O)CN(c1cc(C)cc(C)c1)S(C)(=O)=O. The number of halogens is 1. The molecule has 0 aliphatic heterocycles. The van der Waals surface area contributed by atoms with Gasteiger partial charge in [-0.25, -0.2) is 8.42 Å². The van der Waals surface area contributed by atoms with Gasteiger partial charge in [-0.15, -0.1) is 0 Å². The van der Waals surface area contributed by atoms with Gasteiger partial charge in [-0.1, -0.05) is 43.6 Å². The molecule has 0 aliphatic rings. The van der Waals surface area contributed by atoms with Crippen LogP contribution >= 0.6 is 11.6 Å². The Bertz CT molecular complexity index is 1120. The number of nitrogens with zero attached hydrogens (tertiary/aromatic N) is 2. The van der Waals surface area contributed by atoms with Crippen molar-refractivity contribution in [2.24, 2.45) is 0 Å². The lowest BCUT2D eigenvalue weighted by Gasteiger charge is -2.33. The molecular weight excluding hydrogens is 486 g/mol. The second-order valence-corrected chi connectivity index (χ2v) is 11.3. The third-order valence-corrected chi connectivity index (χ3v) is 7.22. The third-order valence-electron chi connectivity index (χ3n) is 5.83. The molecule has 2 rings (SSSR count). The van der Waals surface area contributed by atoms with Gasteiger partial charge in [-0.2, -0.15) is 0 Å². The lowest BCUT2D eigenvalue weighted by atomic mass is 10.1. The van der Waals surface area contributed by atoms with Crippen molar-refractivity contribution in [3.05, 3.63) is 64.2 Å². The highest BCUT2D eigenvalue weighted by atomic mass is 35.5. The minimum atomic E-state index is -3.77. The average molecular weight is 522 g/mol. The van der Waals surface area contributed by atoms with Crippen LogP contribution in [0.3, 0.4) is 0 Å². The Labute approximate surface area is 214 Å². The maximum atomic E-state index is 13.7. The molecule has 2 amide bonds. The number of nitrogens with one attached hydrogen (secondary N) is 1. The number of anilines is 1. The van der Waals surface area contributed by atoms with E-state index < -0.39 is 28.5 Å². The Morgan fingerprint density at radius 1 is 1.00 bits per heavy atom. The predicted molar refractivity (Wildman–Crippen MR) is 142 cm³/mol. The second kappa shape index (κ2) is 12.4. The minimum Gasteiger partial charge on any atom is -0.352 e. The van der Waals surface area contributed by atoms with E-state index in [1.807, 2.05) is 40.7 Å². The summed E-state index contributed by atoms with van der Waals surface area (Å²) in [4.78, 5) is 28.3. The van der Waals surface area contributed by atoms with Gasteiger partial charge in [0.05, 0.1) is 11.9 Å². The van der Waals surface area contributed by atoms with Crippen LogP contribution in [0, 0.1) is 13.8 Å². The van der Waals surface area contributed by atoms with Crippen LogP contribution in [-0.2, 0) is 26.2 Å². The summed E-state index contributed by atoms with van der Waals surface area (Å²) in [6.45, 7) is 9.18. The first-order valence-corrected chi connectivity index (χ1v) is 14.0. The number of hydrogen-bond donors (Lipinski definition) is 1. The fourth-order valence-corrected chi connectivity index (χ4v) is 4.81. The van der Waals surface area contributed by atoms with Crippen molar-refractivity contribution in [3.63, 3.8) is 0 Å². The molecule has 0 heterocycles. The smallest absolute Gasteiger partial charge is 0.244 e. The van der Waals surface area contributed by atoms with Gasteiger partial charge in [0.1, 0.15) is 12.6 Å². The Morgan fingerprint density at radius 2 is 1.57 bits per heavy atom. The van der Waals surface area contributed by atoms with Gasteiger partial charge in [0.15, 0.2) is 0 Å². The summed E-state index contributed by atoms with van der Waals surface area (Å²) in [5.74, 6) is -0.725. The van der Waals surface area contributed by atoms with Gasteiger partial charge in [0.2, 0.25) is 21.8 Å². The standard InChI is InChI=1S/C26H36ClN3O4S/c1-7-20(5)28-26(32)24(8-2)29(16-21-9-11-22(27)12-10-21)25(31)17-30(35(6,33)34)23-14-18(3)13-19(4)15-23/h9-15,20,24H,7-8,16-17H2,1-6H3,(H,28,32)/t20-,24-/m1/s1. The zero-order valence-corrected chi connectivity index (χ0v) is 22.9. The van der Waals surface area contributed by atoms with Crippen molar-refractivity contribution in [2.45, 2.75) is 66.1 Å². The quantitative estimate of drug-likeness (QED) is 0.473. The number of sulfonamides is 1. The fraction of sp³-hybridized carbons (Fsp3) is 0.462. The van der Waals surface area contributed by atoms with Crippen LogP contribution in [0.5, 0.6) is 0 Å². The summed E-state index contributed by atoms with van der Waals surface area (Å²) < 4.78 is 26.6. The van der Waals surface area contributed by atoms with Gasteiger partial charge in [-0.3, -0.25) is 13.9 Å². The van der Waals surface area contributed by atoms with E-state index in [2.05, 4.69) is 5.32 Å². The zero-order chi connectivity index (χ0) is 26.3. The summed E-state index contributed by atoms with van der Waals surface area (Å²) in [5.41, 5.74) is 2.98. The predicted octanol–water partition coefficient (Wildman–Crippen LogP) is 4.44. The number of amides is 2. The Hall–Kier alpha value is -2.58. The maximum absolute atomic E-state index is 13.7. The molecule has 0 radical (unpaired) electrons. The first-order chi connectivity index (χ1) is 16.3. The molecule has 0 saturated heterocycles. The molecule has 35 heavy (non-hydrogen) atoms. The van der Waals surface area contributed by atoms with E-state index in [1.54, 1.807) is 36.4 Å². The fourth-order valence-electron chi connectivity index (χ4n) is 3.86. The van der Waals surface area contributed by atoms with E-state index in [1.165, 1.54) is 4.90 Å². The molecule has 0 bridgehead atoms. The van der Waals surface area contributed by atoms with E-state index in [4.69, 9.17) is 11.6 Å². The van der Waals surface area contributed by atoms with E-state index in [9.17, 15) is 18.0 Å². The molecule has 9 heteroatoms. The van der Waals surface area contributed by atoms with Crippen LogP contribution in [0.15, 0.2) is 42.5 Å². The van der Waals surface area contributed by atoms with Crippen molar-refractivity contribution in [3.8, 4) is 0 Å². The molecule has 0 aliphatic carbocycles. The maximum Gasteiger partial charge on any atom is 0.244 e. The summed E-state index contributed by atoms with van der Waals surface area (Å²) >= 11 is 6.02. The van der Waals surface area contributed by atoms with Gasteiger partial charge in [0, 0.05) is 17.6 Å².